The molecule has 4 heteroatoms. The lowest BCUT2D eigenvalue weighted by molar-refractivity contribution is -0.165. The average Bonchev–Trinajstić information content (AvgIpc) is 2.31. The maximum atomic E-state index is 11.3. The Morgan fingerprint density at radius 1 is 1.57 bits per heavy atom. The van der Waals surface area contributed by atoms with Gasteiger partial charge in [-0.05, 0) is 0 Å². The summed E-state index contributed by atoms with van der Waals surface area (Å²) in [4.78, 5) is 22.6. The SMILES string of the molecule is CC(C)C(=O)O[C@H]1C(=O)OCC1(C)C. The first-order chi connectivity index (χ1) is 6.34. The molecule has 0 spiro atoms. The minimum atomic E-state index is -0.752. The zero-order valence-electron chi connectivity index (χ0n) is 8.99. The molecule has 0 unspecified atom stereocenters. The minimum Gasteiger partial charge on any atom is -0.462 e. The predicted octanol–water partition coefficient (Wildman–Crippen LogP) is 1.14. The number of carbonyl (C=O) groups is 2. The fourth-order valence-corrected chi connectivity index (χ4v) is 1.19. The van der Waals surface area contributed by atoms with Crippen molar-refractivity contribution in [1.29, 1.82) is 0 Å². The molecule has 0 N–H and O–H groups in total. The van der Waals surface area contributed by atoms with Crippen LogP contribution in [-0.4, -0.2) is 24.6 Å². The van der Waals surface area contributed by atoms with Crippen LogP contribution in [0.4, 0.5) is 0 Å². The first-order valence-corrected chi connectivity index (χ1v) is 4.72. The maximum Gasteiger partial charge on any atom is 0.348 e. The summed E-state index contributed by atoms with van der Waals surface area (Å²) >= 11 is 0. The first kappa shape index (κ1) is 11.0. The number of hydrogen-bond donors (Lipinski definition) is 0. The monoisotopic (exact) mass is 200 g/mol. The smallest absolute Gasteiger partial charge is 0.348 e. The third-order valence-corrected chi connectivity index (χ3v) is 2.22. The van der Waals surface area contributed by atoms with E-state index in [9.17, 15) is 9.59 Å². The number of rotatable bonds is 2. The molecule has 0 amide bonds. The van der Waals surface area contributed by atoms with Crippen LogP contribution in [0.5, 0.6) is 0 Å². The van der Waals surface area contributed by atoms with Gasteiger partial charge in [0.1, 0.15) is 6.61 Å². The number of cyclic esters (lactones) is 1. The van der Waals surface area contributed by atoms with Gasteiger partial charge >= 0.3 is 11.9 Å². The lowest BCUT2D eigenvalue weighted by atomic mass is 9.90. The molecule has 0 aromatic heterocycles. The average molecular weight is 200 g/mol. The van der Waals surface area contributed by atoms with E-state index in [4.69, 9.17) is 9.47 Å². The van der Waals surface area contributed by atoms with Crippen LogP contribution in [0.15, 0.2) is 0 Å². The Hall–Kier alpha value is -1.06. The highest BCUT2D eigenvalue weighted by molar-refractivity contribution is 5.82. The quantitative estimate of drug-likeness (QED) is 0.627. The van der Waals surface area contributed by atoms with Gasteiger partial charge in [-0.25, -0.2) is 4.79 Å². The highest BCUT2D eigenvalue weighted by atomic mass is 16.6. The summed E-state index contributed by atoms with van der Waals surface area (Å²) in [6, 6.07) is 0. The summed E-state index contributed by atoms with van der Waals surface area (Å²) in [5, 5.41) is 0. The Kier molecular flexibility index (Phi) is 2.83. The van der Waals surface area contributed by atoms with Gasteiger partial charge in [0.2, 0.25) is 6.10 Å². The number of esters is 2. The topological polar surface area (TPSA) is 52.6 Å². The van der Waals surface area contributed by atoms with Gasteiger partial charge in [0.05, 0.1) is 5.92 Å². The molecule has 1 aliphatic heterocycles. The number of hydrogen-bond acceptors (Lipinski definition) is 4. The second-order valence-electron chi connectivity index (χ2n) is 4.57. The van der Waals surface area contributed by atoms with Gasteiger partial charge in [-0.15, -0.1) is 0 Å². The van der Waals surface area contributed by atoms with E-state index in [1.54, 1.807) is 13.8 Å². The van der Waals surface area contributed by atoms with Crippen LogP contribution < -0.4 is 0 Å². The number of carbonyl (C=O) groups excluding carboxylic acids is 2. The Balaban J connectivity index is 2.67. The highest BCUT2D eigenvalue weighted by Crippen LogP contribution is 2.31. The van der Waals surface area contributed by atoms with Crippen molar-refractivity contribution in [3.63, 3.8) is 0 Å². The lowest BCUT2D eigenvalue weighted by Gasteiger charge is -2.22. The van der Waals surface area contributed by atoms with Crippen molar-refractivity contribution < 1.29 is 19.1 Å². The molecule has 1 atom stereocenters. The van der Waals surface area contributed by atoms with Crippen molar-refractivity contribution in [2.75, 3.05) is 6.61 Å². The van der Waals surface area contributed by atoms with Gasteiger partial charge in [0.25, 0.3) is 0 Å². The summed E-state index contributed by atoms with van der Waals surface area (Å²) in [5.41, 5.74) is -0.415. The van der Waals surface area contributed by atoms with Crippen LogP contribution in [-0.2, 0) is 19.1 Å². The zero-order chi connectivity index (χ0) is 10.9. The van der Waals surface area contributed by atoms with Crippen LogP contribution >= 0.6 is 0 Å². The van der Waals surface area contributed by atoms with E-state index in [1.165, 1.54) is 0 Å². The summed E-state index contributed by atoms with van der Waals surface area (Å²) in [5.74, 6) is -1.02. The molecule has 1 saturated heterocycles. The molecular weight excluding hydrogens is 184 g/mol. The van der Waals surface area contributed by atoms with Crippen LogP contribution in [0.25, 0.3) is 0 Å². The molecule has 0 bridgehead atoms. The van der Waals surface area contributed by atoms with Gasteiger partial charge in [0, 0.05) is 5.41 Å². The molecule has 1 aliphatic rings. The second kappa shape index (κ2) is 3.59. The molecule has 1 heterocycles. The van der Waals surface area contributed by atoms with Crippen molar-refractivity contribution in [2.24, 2.45) is 11.3 Å². The highest BCUT2D eigenvalue weighted by Gasteiger charge is 2.46. The van der Waals surface area contributed by atoms with Gasteiger partial charge in [0.15, 0.2) is 0 Å². The van der Waals surface area contributed by atoms with E-state index >= 15 is 0 Å². The molecule has 0 saturated carbocycles. The minimum absolute atomic E-state index is 0.223. The van der Waals surface area contributed by atoms with Crippen molar-refractivity contribution in [3.8, 4) is 0 Å². The fraction of sp³-hybridized carbons (Fsp3) is 0.800. The molecule has 1 fully saturated rings. The third kappa shape index (κ3) is 2.05. The van der Waals surface area contributed by atoms with Gasteiger partial charge in [-0.1, -0.05) is 27.7 Å². The largest absolute Gasteiger partial charge is 0.462 e. The Morgan fingerprint density at radius 3 is 2.50 bits per heavy atom. The van der Waals surface area contributed by atoms with E-state index in [-0.39, 0.29) is 11.9 Å². The van der Waals surface area contributed by atoms with E-state index in [0.717, 1.165) is 0 Å². The Bertz CT molecular complexity index is 255. The first-order valence-electron chi connectivity index (χ1n) is 4.72. The van der Waals surface area contributed by atoms with Gasteiger partial charge < -0.3 is 9.47 Å². The number of ether oxygens (including phenoxy) is 2. The lowest BCUT2D eigenvalue weighted by Crippen LogP contribution is -2.36. The van der Waals surface area contributed by atoms with Crippen LogP contribution in [0, 0.1) is 11.3 Å². The second-order valence-corrected chi connectivity index (χ2v) is 4.57. The molecule has 1 rings (SSSR count). The summed E-state index contributed by atoms with van der Waals surface area (Å²) in [6.07, 6.45) is -0.752. The molecule has 80 valence electrons. The summed E-state index contributed by atoms with van der Waals surface area (Å²) < 4.78 is 9.93. The third-order valence-electron chi connectivity index (χ3n) is 2.22. The van der Waals surface area contributed by atoms with Gasteiger partial charge in [-0.3, -0.25) is 4.79 Å². The van der Waals surface area contributed by atoms with Gasteiger partial charge in [-0.2, -0.15) is 0 Å². The normalized spacial score (nSPS) is 24.9. The standard InChI is InChI=1S/C10H16O4/c1-6(2)8(11)14-7-9(12)13-5-10(7,3)4/h6-7H,5H2,1-4H3/t7-/m0/s1. The van der Waals surface area contributed by atoms with E-state index in [1.807, 2.05) is 13.8 Å². The molecule has 0 aliphatic carbocycles. The molecule has 0 aromatic carbocycles. The molecular formula is C10H16O4. The molecule has 0 radical (unpaired) electrons. The van der Waals surface area contributed by atoms with E-state index in [2.05, 4.69) is 0 Å². The van der Waals surface area contributed by atoms with Crippen LogP contribution in [0.1, 0.15) is 27.7 Å². The van der Waals surface area contributed by atoms with Crippen LogP contribution in [0.2, 0.25) is 0 Å². The fourth-order valence-electron chi connectivity index (χ4n) is 1.19. The van der Waals surface area contributed by atoms with Crippen molar-refractivity contribution in [3.05, 3.63) is 0 Å². The zero-order valence-corrected chi connectivity index (χ0v) is 8.99. The van der Waals surface area contributed by atoms with Crippen LogP contribution in [0.3, 0.4) is 0 Å². The summed E-state index contributed by atoms with van der Waals surface area (Å²) in [6.45, 7) is 7.46. The van der Waals surface area contributed by atoms with Crippen molar-refractivity contribution in [1.82, 2.24) is 0 Å². The molecule has 4 nitrogen and oxygen atoms in total. The Morgan fingerprint density at radius 2 is 2.14 bits per heavy atom. The predicted molar refractivity (Wildman–Crippen MR) is 49.5 cm³/mol. The molecule has 0 aromatic rings. The van der Waals surface area contributed by atoms with Crippen molar-refractivity contribution in [2.45, 2.75) is 33.8 Å². The van der Waals surface area contributed by atoms with Crippen molar-refractivity contribution >= 4 is 11.9 Å². The summed E-state index contributed by atoms with van der Waals surface area (Å²) in [7, 11) is 0. The van der Waals surface area contributed by atoms with E-state index < -0.39 is 17.5 Å². The molecule has 14 heavy (non-hydrogen) atoms. The Labute approximate surface area is 83.6 Å². The maximum absolute atomic E-state index is 11.3. The van der Waals surface area contributed by atoms with E-state index in [0.29, 0.717) is 6.61 Å².